The van der Waals surface area contributed by atoms with Crippen molar-refractivity contribution in [1.82, 2.24) is 0 Å². The molecule has 2 rings (SSSR count). The fourth-order valence-electron chi connectivity index (χ4n) is 2.23. The topological polar surface area (TPSA) is 9.23 Å². The summed E-state index contributed by atoms with van der Waals surface area (Å²) in [5, 5.41) is 0.770. The van der Waals surface area contributed by atoms with Crippen molar-refractivity contribution >= 4 is 23.2 Å². The molecule has 1 atom stereocenters. The van der Waals surface area contributed by atoms with Gasteiger partial charge in [-0.05, 0) is 54.2 Å². The Bertz CT molecular complexity index is 520. The van der Waals surface area contributed by atoms with Gasteiger partial charge in [0.1, 0.15) is 5.75 Å². The third kappa shape index (κ3) is 4.43. The Morgan fingerprint density at radius 2 is 1.40 bits per heavy atom. The molecule has 2 aromatic carbocycles. The van der Waals surface area contributed by atoms with Crippen LogP contribution in [0, 0.1) is 5.92 Å². The SMILES string of the molecule is COc1ccc(CC(CCl)Cc2ccc(Cl)cc2)cc1. The summed E-state index contributed by atoms with van der Waals surface area (Å²) in [4.78, 5) is 0. The normalized spacial score (nSPS) is 12.2. The van der Waals surface area contributed by atoms with Crippen LogP contribution in [0.1, 0.15) is 11.1 Å². The summed E-state index contributed by atoms with van der Waals surface area (Å²) in [5.41, 5.74) is 2.55. The van der Waals surface area contributed by atoms with Crippen LogP contribution in [-0.2, 0) is 12.8 Å². The molecule has 0 saturated heterocycles. The first-order valence-corrected chi connectivity index (χ1v) is 7.56. The predicted molar refractivity (Wildman–Crippen MR) is 86.1 cm³/mol. The molecule has 20 heavy (non-hydrogen) atoms. The van der Waals surface area contributed by atoms with Gasteiger partial charge < -0.3 is 4.74 Å². The summed E-state index contributed by atoms with van der Waals surface area (Å²) in [6, 6.07) is 16.2. The van der Waals surface area contributed by atoms with E-state index in [9.17, 15) is 0 Å². The van der Waals surface area contributed by atoms with Crippen LogP contribution < -0.4 is 4.74 Å². The Morgan fingerprint density at radius 3 is 1.85 bits per heavy atom. The highest BCUT2D eigenvalue weighted by Gasteiger charge is 2.10. The van der Waals surface area contributed by atoms with Crippen LogP contribution in [0.2, 0.25) is 5.02 Å². The van der Waals surface area contributed by atoms with Crippen LogP contribution in [0.25, 0.3) is 0 Å². The molecule has 106 valence electrons. The summed E-state index contributed by atoms with van der Waals surface area (Å²) in [6.07, 6.45) is 1.93. The Balaban J connectivity index is 1.99. The zero-order chi connectivity index (χ0) is 14.4. The van der Waals surface area contributed by atoms with Crippen molar-refractivity contribution in [1.29, 1.82) is 0 Å². The molecule has 0 heterocycles. The molecule has 2 aromatic rings. The number of halogens is 2. The van der Waals surface area contributed by atoms with Crippen molar-refractivity contribution in [3.63, 3.8) is 0 Å². The van der Waals surface area contributed by atoms with Crippen LogP contribution in [-0.4, -0.2) is 13.0 Å². The first-order valence-electron chi connectivity index (χ1n) is 6.64. The summed E-state index contributed by atoms with van der Waals surface area (Å²) >= 11 is 12.0. The van der Waals surface area contributed by atoms with E-state index in [-0.39, 0.29) is 0 Å². The van der Waals surface area contributed by atoms with Gasteiger partial charge in [-0.2, -0.15) is 0 Å². The minimum atomic E-state index is 0.422. The van der Waals surface area contributed by atoms with Crippen molar-refractivity contribution in [3.8, 4) is 5.75 Å². The number of methoxy groups -OCH3 is 1. The molecule has 0 fully saturated rings. The number of hydrogen-bond donors (Lipinski definition) is 0. The fourth-order valence-corrected chi connectivity index (χ4v) is 2.57. The zero-order valence-electron chi connectivity index (χ0n) is 11.5. The molecule has 0 bridgehead atoms. The summed E-state index contributed by atoms with van der Waals surface area (Å²) in [7, 11) is 1.68. The lowest BCUT2D eigenvalue weighted by Gasteiger charge is -2.14. The van der Waals surface area contributed by atoms with E-state index in [1.807, 2.05) is 24.3 Å². The van der Waals surface area contributed by atoms with Crippen molar-refractivity contribution < 1.29 is 4.74 Å². The number of alkyl halides is 1. The molecular weight excluding hydrogens is 291 g/mol. The second-order valence-corrected chi connectivity index (χ2v) is 5.65. The highest BCUT2D eigenvalue weighted by atomic mass is 35.5. The molecule has 0 aromatic heterocycles. The summed E-state index contributed by atoms with van der Waals surface area (Å²) in [6.45, 7) is 0. The van der Waals surface area contributed by atoms with E-state index in [4.69, 9.17) is 27.9 Å². The Kier molecular flexibility index (Phi) is 5.75. The average Bonchev–Trinajstić information content (AvgIpc) is 2.49. The quantitative estimate of drug-likeness (QED) is 0.683. The third-order valence-corrected chi connectivity index (χ3v) is 4.03. The summed E-state index contributed by atoms with van der Waals surface area (Å²) < 4.78 is 5.17. The number of ether oxygens (including phenoxy) is 1. The number of benzene rings is 2. The van der Waals surface area contributed by atoms with E-state index < -0.39 is 0 Å². The van der Waals surface area contributed by atoms with E-state index >= 15 is 0 Å². The molecule has 0 aliphatic carbocycles. The Hall–Kier alpha value is -1.18. The standard InChI is InChI=1S/C17H18Cl2O/c1-20-17-8-4-14(5-9-17)11-15(12-18)10-13-2-6-16(19)7-3-13/h2-9,15H,10-12H2,1H3. The molecule has 1 nitrogen and oxygen atoms in total. The zero-order valence-corrected chi connectivity index (χ0v) is 13.0. The molecule has 0 spiro atoms. The maximum absolute atomic E-state index is 6.11. The van der Waals surface area contributed by atoms with Gasteiger partial charge in [0.05, 0.1) is 7.11 Å². The van der Waals surface area contributed by atoms with Crippen LogP contribution in [0.3, 0.4) is 0 Å². The Labute approximate surface area is 130 Å². The van der Waals surface area contributed by atoms with Crippen LogP contribution in [0.4, 0.5) is 0 Å². The third-order valence-electron chi connectivity index (χ3n) is 3.34. The maximum atomic E-state index is 6.11. The first-order chi connectivity index (χ1) is 9.71. The van der Waals surface area contributed by atoms with E-state index in [2.05, 4.69) is 24.3 Å². The van der Waals surface area contributed by atoms with Crippen LogP contribution in [0.15, 0.2) is 48.5 Å². The molecular formula is C17H18Cl2O. The second-order valence-electron chi connectivity index (χ2n) is 4.90. The van der Waals surface area contributed by atoms with Crippen LogP contribution >= 0.6 is 23.2 Å². The molecule has 0 amide bonds. The van der Waals surface area contributed by atoms with E-state index in [0.29, 0.717) is 11.8 Å². The second kappa shape index (κ2) is 7.56. The van der Waals surface area contributed by atoms with Crippen LogP contribution in [0.5, 0.6) is 5.75 Å². The molecule has 0 radical (unpaired) electrons. The van der Waals surface area contributed by atoms with Gasteiger partial charge in [-0.15, -0.1) is 11.6 Å². The summed E-state index contributed by atoms with van der Waals surface area (Å²) in [5.74, 6) is 1.95. The van der Waals surface area contributed by atoms with E-state index in [1.54, 1.807) is 7.11 Å². The van der Waals surface area contributed by atoms with E-state index in [1.165, 1.54) is 11.1 Å². The molecule has 3 heteroatoms. The van der Waals surface area contributed by atoms with Crippen molar-refractivity contribution in [3.05, 3.63) is 64.7 Å². The number of rotatable bonds is 6. The molecule has 0 N–H and O–H groups in total. The Morgan fingerprint density at radius 1 is 0.900 bits per heavy atom. The molecule has 0 aliphatic rings. The molecule has 0 saturated carbocycles. The minimum absolute atomic E-state index is 0.422. The lowest BCUT2D eigenvalue weighted by molar-refractivity contribution is 0.414. The van der Waals surface area contributed by atoms with Gasteiger partial charge in [-0.1, -0.05) is 35.9 Å². The lowest BCUT2D eigenvalue weighted by atomic mass is 9.94. The highest BCUT2D eigenvalue weighted by Crippen LogP contribution is 2.19. The largest absolute Gasteiger partial charge is 0.497 e. The first kappa shape index (κ1) is 15.2. The molecule has 0 aliphatic heterocycles. The average molecular weight is 309 g/mol. The van der Waals surface area contributed by atoms with Gasteiger partial charge in [-0.25, -0.2) is 0 Å². The number of hydrogen-bond acceptors (Lipinski definition) is 1. The van der Waals surface area contributed by atoms with Crippen molar-refractivity contribution in [2.45, 2.75) is 12.8 Å². The predicted octanol–water partition coefficient (Wildman–Crippen LogP) is 4.99. The van der Waals surface area contributed by atoms with Crippen molar-refractivity contribution in [2.24, 2.45) is 5.92 Å². The monoisotopic (exact) mass is 308 g/mol. The van der Waals surface area contributed by atoms with Gasteiger partial charge in [-0.3, -0.25) is 0 Å². The maximum Gasteiger partial charge on any atom is 0.118 e. The van der Waals surface area contributed by atoms with Crippen molar-refractivity contribution in [2.75, 3.05) is 13.0 Å². The van der Waals surface area contributed by atoms with Gasteiger partial charge in [0.2, 0.25) is 0 Å². The highest BCUT2D eigenvalue weighted by molar-refractivity contribution is 6.30. The fraction of sp³-hybridized carbons (Fsp3) is 0.294. The van der Waals surface area contributed by atoms with E-state index in [0.717, 1.165) is 23.6 Å². The minimum Gasteiger partial charge on any atom is -0.497 e. The lowest BCUT2D eigenvalue weighted by Crippen LogP contribution is -2.10. The molecule has 1 unspecified atom stereocenters. The van der Waals surface area contributed by atoms with Gasteiger partial charge in [0.15, 0.2) is 0 Å². The smallest absolute Gasteiger partial charge is 0.118 e. The van der Waals surface area contributed by atoms with Gasteiger partial charge in [0, 0.05) is 10.9 Å². The van der Waals surface area contributed by atoms with Gasteiger partial charge >= 0.3 is 0 Å². The van der Waals surface area contributed by atoms with Gasteiger partial charge in [0.25, 0.3) is 0 Å².